The molecule has 0 radical (unpaired) electrons. The summed E-state index contributed by atoms with van der Waals surface area (Å²) in [6, 6.07) is 13.4. The molecule has 0 aliphatic heterocycles. The Morgan fingerprint density at radius 1 is 0.867 bits per heavy atom. The van der Waals surface area contributed by atoms with Crippen molar-refractivity contribution < 1.29 is 14.3 Å². The molecule has 0 bridgehead atoms. The number of rotatable bonds is 12. The summed E-state index contributed by atoms with van der Waals surface area (Å²) in [5, 5.41) is 3.38. The van der Waals surface area contributed by atoms with Gasteiger partial charge in [-0.1, -0.05) is 38.3 Å². The Balaban J connectivity index is 1.82. The molecule has 0 fully saturated rings. The zero-order chi connectivity index (χ0) is 21.8. The molecule has 0 atom stereocenters. The van der Waals surface area contributed by atoms with Crippen molar-refractivity contribution in [2.75, 3.05) is 31.6 Å². The molecule has 1 N–H and O–H groups in total. The van der Waals surface area contributed by atoms with Gasteiger partial charge in [0.2, 0.25) is 0 Å². The number of hydrogen-bond acceptors (Lipinski definition) is 4. The minimum atomic E-state index is -0.350. The quantitative estimate of drug-likeness (QED) is 0.442. The van der Waals surface area contributed by atoms with E-state index in [2.05, 4.69) is 24.1 Å². The molecule has 2 rings (SSSR count). The van der Waals surface area contributed by atoms with Crippen molar-refractivity contribution in [2.45, 2.75) is 39.5 Å². The van der Waals surface area contributed by atoms with Gasteiger partial charge in [-0.15, -0.1) is 0 Å². The monoisotopic (exact) mass is 430 g/mol. The van der Waals surface area contributed by atoms with Crippen LogP contribution in [0.3, 0.4) is 0 Å². The van der Waals surface area contributed by atoms with Crippen molar-refractivity contribution in [1.29, 1.82) is 0 Å². The highest BCUT2D eigenvalue weighted by molar-refractivity contribution is 6.30. The number of ether oxygens (including phenoxy) is 1. The summed E-state index contributed by atoms with van der Waals surface area (Å²) in [5.41, 5.74) is 1.59. The van der Waals surface area contributed by atoms with E-state index in [9.17, 15) is 9.59 Å². The van der Waals surface area contributed by atoms with Crippen LogP contribution in [-0.4, -0.2) is 43.0 Å². The Bertz CT molecular complexity index is 783. The van der Waals surface area contributed by atoms with E-state index < -0.39 is 0 Å². The maximum absolute atomic E-state index is 12.3. The zero-order valence-corrected chi connectivity index (χ0v) is 18.6. The molecule has 162 valence electrons. The van der Waals surface area contributed by atoms with E-state index >= 15 is 0 Å². The number of carbonyl (C=O) groups excluding carboxylic acids is 2. The van der Waals surface area contributed by atoms with Crippen LogP contribution in [0.5, 0.6) is 0 Å². The van der Waals surface area contributed by atoms with Crippen LogP contribution in [0, 0.1) is 0 Å². The van der Waals surface area contributed by atoms with Crippen molar-refractivity contribution in [3.63, 3.8) is 0 Å². The fourth-order valence-electron chi connectivity index (χ4n) is 2.94. The fourth-order valence-corrected chi connectivity index (χ4v) is 3.07. The molecule has 0 aliphatic carbocycles. The van der Waals surface area contributed by atoms with E-state index in [4.69, 9.17) is 16.3 Å². The number of anilines is 1. The molecular weight excluding hydrogens is 400 g/mol. The van der Waals surface area contributed by atoms with Crippen LogP contribution in [0.25, 0.3) is 0 Å². The molecule has 2 aromatic carbocycles. The number of carbonyl (C=O) groups is 2. The third-order valence-electron chi connectivity index (χ3n) is 4.78. The van der Waals surface area contributed by atoms with Crippen molar-refractivity contribution in [3.05, 3.63) is 64.7 Å². The lowest BCUT2D eigenvalue weighted by molar-refractivity contribution is 0.0460. The summed E-state index contributed by atoms with van der Waals surface area (Å²) in [7, 11) is 0. The molecule has 2 aromatic rings. The van der Waals surface area contributed by atoms with Crippen molar-refractivity contribution in [1.82, 2.24) is 4.90 Å². The van der Waals surface area contributed by atoms with Gasteiger partial charge in [0.05, 0.1) is 5.56 Å². The molecule has 30 heavy (non-hydrogen) atoms. The van der Waals surface area contributed by atoms with Gasteiger partial charge in [0.15, 0.2) is 0 Å². The SMILES string of the molecule is CCCCN(CCCC)CCOC(=O)c1ccc(NC(=O)c2ccc(Cl)cc2)cc1. The van der Waals surface area contributed by atoms with Crippen LogP contribution in [0.15, 0.2) is 48.5 Å². The first kappa shape index (κ1) is 23.9. The van der Waals surface area contributed by atoms with E-state index in [0.717, 1.165) is 45.3 Å². The van der Waals surface area contributed by atoms with Crippen LogP contribution < -0.4 is 5.32 Å². The van der Waals surface area contributed by atoms with Crippen LogP contribution in [0.4, 0.5) is 5.69 Å². The second kappa shape index (κ2) is 13.0. The van der Waals surface area contributed by atoms with E-state index in [1.807, 2.05) is 0 Å². The largest absolute Gasteiger partial charge is 0.461 e. The molecule has 0 aromatic heterocycles. The fraction of sp³-hybridized carbons (Fsp3) is 0.417. The molecular formula is C24H31ClN2O3. The summed E-state index contributed by atoms with van der Waals surface area (Å²) >= 11 is 5.84. The maximum Gasteiger partial charge on any atom is 0.338 e. The highest BCUT2D eigenvalue weighted by atomic mass is 35.5. The highest BCUT2D eigenvalue weighted by Gasteiger charge is 2.11. The van der Waals surface area contributed by atoms with Crippen molar-refractivity contribution >= 4 is 29.2 Å². The van der Waals surface area contributed by atoms with Gasteiger partial charge in [-0.25, -0.2) is 4.79 Å². The van der Waals surface area contributed by atoms with E-state index in [1.54, 1.807) is 48.5 Å². The number of hydrogen-bond donors (Lipinski definition) is 1. The predicted molar refractivity (Wildman–Crippen MR) is 122 cm³/mol. The number of benzene rings is 2. The molecule has 6 heteroatoms. The lowest BCUT2D eigenvalue weighted by Crippen LogP contribution is -2.30. The minimum Gasteiger partial charge on any atom is -0.461 e. The minimum absolute atomic E-state index is 0.235. The second-order valence-corrected chi connectivity index (χ2v) is 7.66. The summed E-state index contributed by atoms with van der Waals surface area (Å²) in [4.78, 5) is 26.9. The lowest BCUT2D eigenvalue weighted by atomic mass is 10.2. The van der Waals surface area contributed by atoms with E-state index in [0.29, 0.717) is 28.4 Å². The van der Waals surface area contributed by atoms with Gasteiger partial charge in [-0.3, -0.25) is 9.69 Å². The molecule has 0 spiro atoms. The Hall–Kier alpha value is -2.37. The number of halogens is 1. The number of amides is 1. The Morgan fingerprint density at radius 2 is 1.43 bits per heavy atom. The first-order chi connectivity index (χ1) is 14.5. The summed E-state index contributed by atoms with van der Waals surface area (Å²) in [6.45, 7) is 7.56. The van der Waals surface area contributed by atoms with Crippen LogP contribution >= 0.6 is 11.6 Å². The van der Waals surface area contributed by atoms with Gasteiger partial charge in [-0.05, 0) is 74.5 Å². The van der Waals surface area contributed by atoms with Crippen LogP contribution in [0.2, 0.25) is 5.02 Å². The molecule has 0 heterocycles. The predicted octanol–water partition coefficient (Wildman–Crippen LogP) is 5.65. The van der Waals surface area contributed by atoms with Gasteiger partial charge < -0.3 is 10.1 Å². The third-order valence-corrected chi connectivity index (χ3v) is 5.03. The molecule has 1 amide bonds. The first-order valence-corrected chi connectivity index (χ1v) is 11.0. The molecule has 0 aliphatic rings. The standard InChI is InChI=1S/C24H31ClN2O3/c1-3-5-15-27(16-6-4-2)17-18-30-24(29)20-9-13-22(14-10-20)26-23(28)19-7-11-21(25)12-8-19/h7-14H,3-6,15-18H2,1-2H3,(H,26,28). The Labute approximate surface area is 184 Å². The Kier molecular flexibility index (Phi) is 10.4. The number of unbranched alkanes of at least 4 members (excludes halogenated alkanes) is 2. The third kappa shape index (κ3) is 8.17. The normalized spacial score (nSPS) is 10.8. The summed E-state index contributed by atoms with van der Waals surface area (Å²) in [5.74, 6) is -0.585. The van der Waals surface area contributed by atoms with Crippen molar-refractivity contribution in [2.24, 2.45) is 0 Å². The van der Waals surface area contributed by atoms with E-state index in [1.165, 1.54) is 0 Å². The smallest absolute Gasteiger partial charge is 0.338 e. The number of esters is 1. The van der Waals surface area contributed by atoms with Crippen molar-refractivity contribution in [3.8, 4) is 0 Å². The maximum atomic E-state index is 12.3. The van der Waals surface area contributed by atoms with Crippen LogP contribution in [-0.2, 0) is 4.74 Å². The average Bonchev–Trinajstić information content (AvgIpc) is 2.76. The van der Waals surface area contributed by atoms with Gasteiger partial charge in [0.25, 0.3) is 5.91 Å². The topological polar surface area (TPSA) is 58.6 Å². The molecule has 5 nitrogen and oxygen atoms in total. The van der Waals surface area contributed by atoms with Crippen LogP contribution in [0.1, 0.15) is 60.2 Å². The van der Waals surface area contributed by atoms with Gasteiger partial charge in [0.1, 0.15) is 6.61 Å². The van der Waals surface area contributed by atoms with Gasteiger partial charge in [0, 0.05) is 22.8 Å². The average molecular weight is 431 g/mol. The Morgan fingerprint density at radius 3 is 2.00 bits per heavy atom. The van der Waals surface area contributed by atoms with Gasteiger partial charge >= 0.3 is 5.97 Å². The summed E-state index contributed by atoms with van der Waals surface area (Å²) in [6.07, 6.45) is 4.62. The van der Waals surface area contributed by atoms with Gasteiger partial charge in [-0.2, -0.15) is 0 Å². The molecule has 0 unspecified atom stereocenters. The summed E-state index contributed by atoms with van der Waals surface area (Å²) < 4.78 is 5.44. The lowest BCUT2D eigenvalue weighted by Gasteiger charge is -2.21. The zero-order valence-electron chi connectivity index (χ0n) is 17.8. The molecule has 0 saturated carbocycles. The highest BCUT2D eigenvalue weighted by Crippen LogP contribution is 2.14. The number of nitrogens with one attached hydrogen (secondary N) is 1. The van der Waals surface area contributed by atoms with E-state index in [-0.39, 0.29) is 11.9 Å². The number of nitrogens with zero attached hydrogens (tertiary/aromatic N) is 1. The second-order valence-electron chi connectivity index (χ2n) is 7.22. The molecule has 0 saturated heterocycles. The first-order valence-electron chi connectivity index (χ1n) is 10.6.